The van der Waals surface area contributed by atoms with Crippen LogP contribution < -0.4 is 25.4 Å². The van der Waals surface area contributed by atoms with E-state index in [0.717, 1.165) is 70.2 Å². The van der Waals surface area contributed by atoms with Crippen LogP contribution in [0, 0.1) is 18.6 Å². The van der Waals surface area contributed by atoms with E-state index in [-0.39, 0.29) is 52.1 Å². The average Bonchev–Trinajstić information content (AvgIpc) is 3.66. The van der Waals surface area contributed by atoms with Gasteiger partial charge in [-0.1, -0.05) is 19.1 Å². The predicted molar refractivity (Wildman–Crippen MR) is 168 cm³/mol. The Hall–Kier alpha value is -3.78. The summed E-state index contributed by atoms with van der Waals surface area (Å²) in [5.41, 5.74) is 1.64. The lowest BCUT2D eigenvalue weighted by molar-refractivity contribution is -0.137. The number of hydrogen-bond donors (Lipinski definition) is 2. The third-order valence-electron chi connectivity index (χ3n) is 10.5. The van der Waals surface area contributed by atoms with Crippen molar-refractivity contribution < 1.29 is 31.4 Å². The Balaban J connectivity index is 1.43. The first kappa shape index (κ1) is 31.8. The summed E-state index contributed by atoms with van der Waals surface area (Å²) in [5, 5.41) is 3.77. The van der Waals surface area contributed by atoms with Crippen LogP contribution in [0.25, 0.3) is 22.2 Å². The van der Waals surface area contributed by atoms with Crippen LogP contribution in [-0.2, 0) is 6.18 Å². The van der Waals surface area contributed by atoms with Gasteiger partial charge in [-0.2, -0.15) is 23.1 Å². The highest BCUT2D eigenvalue weighted by atomic mass is 19.4. The maximum Gasteiger partial charge on any atom is 0.417 e. The zero-order valence-corrected chi connectivity index (χ0v) is 26.7. The van der Waals surface area contributed by atoms with E-state index in [1.165, 1.54) is 7.11 Å². The average molecular weight is 660 g/mol. The van der Waals surface area contributed by atoms with Crippen LogP contribution in [0.1, 0.15) is 56.6 Å². The number of nitrogens with two attached hydrogens (primary N) is 1. The molecule has 4 aliphatic heterocycles. The quantitative estimate of drug-likeness (QED) is 0.186. The van der Waals surface area contributed by atoms with Gasteiger partial charge in [0, 0.05) is 31.2 Å². The summed E-state index contributed by atoms with van der Waals surface area (Å²) in [6, 6.07) is 0.881. The number of methoxy groups -OCH3 is 1. The molecule has 0 saturated carbocycles. The van der Waals surface area contributed by atoms with Crippen LogP contribution in [0.3, 0.4) is 0 Å². The van der Waals surface area contributed by atoms with Crippen molar-refractivity contribution in [1.29, 1.82) is 0 Å². The highest BCUT2D eigenvalue weighted by molar-refractivity contribution is 5.97. The summed E-state index contributed by atoms with van der Waals surface area (Å²) in [6.07, 6.45) is 0.322. The first-order valence-corrected chi connectivity index (χ1v) is 16.0. The van der Waals surface area contributed by atoms with Crippen molar-refractivity contribution >= 4 is 22.4 Å². The van der Waals surface area contributed by atoms with Crippen molar-refractivity contribution in [3.63, 3.8) is 0 Å². The molecule has 7 rings (SSSR count). The van der Waals surface area contributed by atoms with E-state index in [2.05, 4.69) is 33.7 Å². The number of pyridine rings is 1. The molecule has 0 amide bonds. The Morgan fingerprint density at radius 2 is 1.96 bits per heavy atom. The molecule has 6 heterocycles. The molecule has 14 heteroatoms. The second kappa shape index (κ2) is 11.1. The fourth-order valence-corrected chi connectivity index (χ4v) is 8.30. The monoisotopic (exact) mass is 659 g/mol. The van der Waals surface area contributed by atoms with Gasteiger partial charge in [0.1, 0.15) is 29.0 Å². The van der Waals surface area contributed by atoms with Gasteiger partial charge in [-0.05, 0) is 63.6 Å². The van der Waals surface area contributed by atoms with Gasteiger partial charge in [0.05, 0.1) is 29.5 Å². The lowest BCUT2D eigenvalue weighted by Gasteiger charge is -2.42. The van der Waals surface area contributed by atoms with E-state index in [9.17, 15) is 13.2 Å². The smallest absolute Gasteiger partial charge is 0.417 e. The Labute approximate surface area is 269 Å². The molecule has 9 nitrogen and oxygen atoms in total. The number of aromatic nitrogens is 3. The minimum atomic E-state index is -5.04. The van der Waals surface area contributed by atoms with Gasteiger partial charge < -0.3 is 25.4 Å². The lowest BCUT2D eigenvalue weighted by atomic mass is 9.93. The van der Waals surface area contributed by atoms with Crippen molar-refractivity contribution in [1.82, 2.24) is 25.2 Å². The molecule has 2 bridgehead atoms. The summed E-state index contributed by atoms with van der Waals surface area (Å²) in [4.78, 5) is 17.7. The van der Waals surface area contributed by atoms with Crippen molar-refractivity contribution in [3.05, 3.63) is 41.0 Å². The second-order valence-corrected chi connectivity index (χ2v) is 13.5. The maximum absolute atomic E-state index is 16.8. The number of ether oxygens (including phenoxy) is 2. The fraction of sp³-hybridized carbons (Fsp3) is 0.545. The van der Waals surface area contributed by atoms with E-state index < -0.39 is 40.3 Å². The highest BCUT2D eigenvalue weighted by Gasteiger charge is 2.48. The van der Waals surface area contributed by atoms with E-state index in [1.807, 2.05) is 4.90 Å². The number of benzene rings is 1. The topological polar surface area (TPSA) is 102 Å². The minimum Gasteiger partial charge on any atom is -0.480 e. The van der Waals surface area contributed by atoms with Gasteiger partial charge in [-0.3, -0.25) is 4.90 Å². The number of halogens is 5. The number of aryl methyl sites for hydroxylation is 1. The molecule has 0 aliphatic carbocycles. The number of piperazine rings is 1. The van der Waals surface area contributed by atoms with Gasteiger partial charge in [-0.15, -0.1) is 0 Å². The zero-order valence-electron chi connectivity index (χ0n) is 26.7. The fourth-order valence-electron chi connectivity index (χ4n) is 8.30. The van der Waals surface area contributed by atoms with Crippen molar-refractivity contribution in [2.75, 3.05) is 50.5 Å². The molecule has 3 atom stereocenters. The van der Waals surface area contributed by atoms with Crippen molar-refractivity contribution in [3.8, 4) is 23.1 Å². The number of rotatable bonds is 7. The van der Waals surface area contributed by atoms with Crippen LogP contribution in [0.5, 0.6) is 11.9 Å². The number of nitrogens with zero attached hydrogens (tertiary/aromatic N) is 5. The van der Waals surface area contributed by atoms with Gasteiger partial charge in [-0.25, -0.2) is 13.8 Å². The number of alkyl halides is 3. The minimum absolute atomic E-state index is 0.0677. The largest absolute Gasteiger partial charge is 0.480 e. The van der Waals surface area contributed by atoms with Crippen LogP contribution in [-0.4, -0.2) is 76.9 Å². The van der Waals surface area contributed by atoms with Gasteiger partial charge >= 0.3 is 12.2 Å². The van der Waals surface area contributed by atoms with Gasteiger partial charge in [0.15, 0.2) is 11.6 Å². The van der Waals surface area contributed by atoms with E-state index in [1.54, 1.807) is 0 Å². The third-order valence-corrected chi connectivity index (χ3v) is 10.5. The normalized spacial score (nSPS) is 26.0. The van der Waals surface area contributed by atoms with E-state index in [0.29, 0.717) is 18.9 Å². The first-order valence-electron chi connectivity index (χ1n) is 16.0. The van der Waals surface area contributed by atoms with E-state index in [4.69, 9.17) is 20.2 Å². The number of fused-ring (bicyclic) bond motifs is 4. The molecule has 4 saturated heterocycles. The molecule has 2 aromatic heterocycles. The SMILES string of the molecule is C=C1CN2CCC[C@@]2(COc2nc(N3CC4CCC(CC)(C3)N4)c3c(OC)nc(-c4c(F)c(N)cc(C)c4C(F)(F)F)c(F)c3n2)C1. The van der Waals surface area contributed by atoms with Crippen LogP contribution in [0.15, 0.2) is 18.2 Å². The Morgan fingerprint density at radius 3 is 2.68 bits per heavy atom. The number of nitrogen functional groups attached to an aromatic ring is 1. The van der Waals surface area contributed by atoms with Crippen LogP contribution >= 0.6 is 0 Å². The Morgan fingerprint density at radius 1 is 1.17 bits per heavy atom. The van der Waals surface area contributed by atoms with Gasteiger partial charge in [0.2, 0.25) is 5.88 Å². The molecule has 4 aliphatic rings. The standard InChI is InChI=1S/C33H38F5N7O2/c1-5-31-9-7-19(43-31)14-44(15-31)28-22-27(41-30(42-28)47-16-32-8-6-10-45(32)13-17(2)12-32)25(35)26(40-29(22)46-4)21-23(33(36,37)38)18(3)11-20(39)24(21)34/h11,19,43H,2,5-10,12-16,39H2,1,3-4H3/t19?,31?,32-/m0/s1. The molecule has 4 fully saturated rings. The third kappa shape index (κ3) is 5.14. The Kier molecular flexibility index (Phi) is 7.54. The predicted octanol–water partition coefficient (Wildman–Crippen LogP) is 5.78. The van der Waals surface area contributed by atoms with Gasteiger partial charge in [0.25, 0.3) is 0 Å². The molecule has 0 radical (unpaired) electrons. The highest BCUT2D eigenvalue weighted by Crippen LogP contribution is 2.47. The summed E-state index contributed by atoms with van der Waals surface area (Å²) < 4.78 is 87.4. The zero-order chi connectivity index (χ0) is 33.5. The van der Waals surface area contributed by atoms with Crippen LogP contribution in [0.2, 0.25) is 0 Å². The Bertz CT molecular complexity index is 1780. The maximum atomic E-state index is 16.8. The molecule has 47 heavy (non-hydrogen) atoms. The van der Waals surface area contributed by atoms with Crippen molar-refractivity contribution in [2.24, 2.45) is 0 Å². The first-order chi connectivity index (χ1) is 22.3. The number of nitrogens with one attached hydrogen (secondary N) is 1. The molecule has 2 unspecified atom stereocenters. The van der Waals surface area contributed by atoms with Crippen LogP contribution in [0.4, 0.5) is 33.5 Å². The molecular weight excluding hydrogens is 621 g/mol. The molecular formula is C33H38F5N7O2. The van der Waals surface area contributed by atoms with E-state index >= 15 is 8.78 Å². The number of hydrogen-bond acceptors (Lipinski definition) is 9. The summed E-state index contributed by atoms with van der Waals surface area (Å²) in [5.74, 6) is -2.65. The number of anilines is 2. The molecule has 1 aromatic carbocycles. The second-order valence-electron chi connectivity index (χ2n) is 13.5. The van der Waals surface area contributed by atoms with Crippen molar-refractivity contribution in [2.45, 2.75) is 75.7 Å². The molecule has 3 N–H and O–H groups in total. The lowest BCUT2D eigenvalue weighted by Crippen LogP contribution is -2.59. The molecule has 3 aromatic rings. The summed E-state index contributed by atoms with van der Waals surface area (Å²) in [7, 11) is 1.26. The molecule has 0 spiro atoms. The molecule has 252 valence electrons. The summed E-state index contributed by atoms with van der Waals surface area (Å²) >= 11 is 0. The summed E-state index contributed by atoms with van der Waals surface area (Å²) in [6.45, 7) is 10.4.